The number of thioether (sulfide) groups is 1. The largest absolute Gasteiger partial charge is 0.372 e. The fraction of sp³-hybridized carbons (Fsp3) is 0.300. The average molecular weight is 467 g/mol. The zero-order chi connectivity index (χ0) is 19.7. The second-order valence-corrected chi connectivity index (χ2v) is 8.63. The van der Waals surface area contributed by atoms with Gasteiger partial charge in [0, 0.05) is 27.3 Å². The fourth-order valence-electron chi connectivity index (χ4n) is 3.65. The number of halogens is 3. The van der Waals surface area contributed by atoms with E-state index in [9.17, 15) is 13.6 Å². The predicted octanol–water partition coefficient (Wildman–Crippen LogP) is 4.30. The number of amidine groups is 1. The molecule has 3 atom stereocenters. The normalized spacial score (nSPS) is 26.5. The van der Waals surface area contributed by atoms with Gasteiger partial charge in [-0.1, -0.05) is 45.9 Å². The number of nitrogens with zero attached hydrogens (tertiary/aromatic N) is 1. The molecule has 1 amide bonds. The number of hydrogen-bond donors (Lipinski definition) is 1. The minimum atomic E-state index is -1.07. The molecule has 2 heterocycles. The van der Waals surface area contributed by atoms with Crippen molar-refractivity contribution in [3.05, 3.63) is 69.9 Å². The Hall–Kier alpha value is -1.77. The van der Waals surface area contributed by atoms with Crippen molar-refractivity contribution in [2.75, 3.05) is 19.0 Å². The number of carbonyl (C=O) groups excluding carboxylic acids is 1. The third-order valence-electron chi connectivity index (χ3n) is 5.08. The molecule has 0 radical (unpaired) electrons. The van der Waals surface area contributed by atoms with Crippen molar-refractivity contribution < 1.29 is 18.3 Å². The lowest BCUT2D eigenvalue weighted by atomic mass is 9.79. The van der Waals surface area contributed by atoms with E-state index in [4.69, 9.17) is 9.73 Å². The Bertz CT molecular complexity index is 928. The summed E-state index contributed by atoms with van der Waals surface area (Å²) in [5, 5.41) is 3.18. The molecule has 0 saturated carbocycles. The van der Waals surface area contributed by atoms with E-state index >= 15 is 0 Å². The number of benzene rings is 2. The molecule has 2 aliphatic heterocycles. The number of carbonyl (C=O) groups is 1. The molecule has 0 aliphatic carbocycles. The van der Waals surface area contributed by atoms with Crippen LogP contribution in [0.5, 0.6) is 0 Å². The number of nitrogens with one attached hydrogen (secondary N) is 1. The van der Waals surface area contributed by atoms with Crippen molar-refractivity contribution >= 4 is 38.8 Å². The molecule has 1 saturated heterocycles. The molecule has 0 unspecified atom stereocenters. The summed E-state index contributed by atoms with van der Waals surface area (Å²) in [6.07, 6.45) is -0.652. The summed E-state index contributed by atoms with van der Waals surface area (Å²) in [6.45, 7) is -0.602. The molecule has 4 nitrogen and oxygen atoms in total. The predicted molar refractivity (Wildman–Crippen MR) is 109 cm³/mol. The molecule has 2 aromatic carbocycles. The minimum Gasteiger partial charge on any atom is -0.372 e. The third kappa shape index (κ3) is 3.49. The van der Waals surface area contributed by atoms with Gasteiger partial charge in [-0.15, -0.1) is 0 Å². The van der Waals surface area contributed by atoms with Gasteiger partial charge in [0.2, 0.25) is 0 Å². The molecular formula is C20H17BrF2N2O2S. The van der Waals surface area contributed by atoms with Gasteiger partial charge in [-0.05, 0) is 30.3 Å². The molecule has 2 aliphatic rings. The zero-order valence-electron chi connectivity index (χ0n) is 14.7. The van der Waals surface area contributed by atoms with Crippen molar-refractivity contribution in [1.82, 2.24) is 5.32 Å². The highest BCUT2D eigenvalue weighted by atomic mass is 79.9. The van der Waals surface area contributed by atoms with Gasteiger partial charge in [-0.3, -0.25) is 4.79 Å². The van der Waals surface area contributed by atoms with Crippen molar-refractivity contribution in [3.8, 4) is 0 Å². The van der Waals surface area contributed by atoms with Gasteiger partial charge < -0.3 is 10.1 Å². The summed E-state index contributed by atoms with van der Waals surface area (Å²) in [5.74, 6) is -0.588. The van der Waals surface area contributed by atoms with Gasteiger partial charge in [-0.2, -0.15) is 0 Å². The maximum absolute atomic E-state index is 14.7. The van der Waals surface area contributed by atoms with Gasteiger partial charge >= 0.3 is 0 Å². The zero-order valence-corrected chi connectivity index (χ0v) is 17.1. The number of ether oxygens (including phenoxy) is 1. The Morgan fingerprint density at radius 3 is 2.86 bits per heavy atom. The van der Waals surface area contributed by atoms with Gasteiger partial charge in [0.25, 0.3) is 5.91 Å². The maximum Gasteiger partial charge on any atom is 0.257 e. The Kier molecular flexibility index (Phi) is 5.53. The standard InChI is InChI=1S/C20H17BrF2N2O2S/c21-13-6-7-16(23)14(8-13)20-11-27-17(9-22)15(20)10-28-19(25-20)24-18(26)12-4-2-1-3-5-12/h1-8,15,17H,9-11H2,(H,24,25,26)/t15-,17-,20-/m0/s1. The van der Waals surface area contributed by atoms with Gasteiger partial charge in [0.15, 0.2) is 5.17 Å². The number of fused-ring (bicyclic) bond motifs is 1. The van der Waals surface area contributed by atoms with Crippen LogP contribution in [0.1, 0.15) is 15.9 Å². The number of amides is 1. The molecule has 1 fully saturated rings. The second kappa shape index (κ2) is 7.93. The molecule has 28 heavy (non-hydrogen) atoms. The van der Waals surface area contributed by atoms with E-state index in [1.807, 2.05) is 6.07 Å². The highest BCUT2D eigenvalue weighted by Gasteiger charge is 2.54. The van der Waals surface area contributed by atoms with Crippen LogP contribution in [0.15, 0.2) is 58.0 Å². The summed E-state index contributed by atoms with van der Waals surface area (Å²) in [4.78, 5) is 17.2. The van der Waals surface area contributed by atoms with Crippen LogP contribution in [0, 0.1) is 11.7 Å². The summed E-state index contributed by atoms with van der Waals surface area (Å²) in [7, 11) is 0. The number of alkyl halides is 1. The van der Waals surface area contributed by atoms with Crippen molar-refractivity contribution in [2.24, 2.45) is 10.9 Å². The maximum atomic E-state index is 14.7. The Morgan fingerprint density at radius 2 is 2.11 bits per heavy atom. The van der Waals surface area contributed by atoms with Crippen LogP contribution in [0.3, 0.4) is 0 Å². The first-order valence-corrected chi connectivity index (χ1v) is 10.5. The van der Waals surface area contributed by atoms with Crippen LogP contribution >= 0.6 is 27.7 Å². The van der Waals surface area contributed by atoms with Gasteiger partial charge in [0.05, 0.1) is 12.7 Å². The van der Waals surface area contributed by atoms with Crippen LogP contribution in [-0.2, 0) is 10.3 Å². The summed E-state index contributed by atoms with van der Waals surface area (Å²) in [6, 6.07) is 13.4. The first kappa shape index (κ1) is 19.5. The summed E-state index contributed by atoms with van der Waals surface area (Å²) < 4.78 is 34.6. The minimum absolute atomic E-state index is 0.0604. The highest BCUT2D eigenvalue weighted by Crippen LogP contribution is 2.48. The van der Waals surface area contributed by atoms with E-state index in [0.29, 0.717) is 26.5 Å². The Labute approximate surface area is 173 Å². The van der Waals surface area contributed by atoms with Crippen molar-refractivity contribution in [2.45, 2.75) is 11.6 Å². The van der Waals surface area contributed by atoms with E-state index in [2.05, 4.69) is 21.2 Å². The molecule has 2 aromatic rings. The van der Waals surface area contributed by atoms with Crippen LogP contribution in [0.2, 0.25) is 0 Å². The van der Waals surface area contributed by atoms with Crippen LogP contribution in [0.4, 0.5) is 8.78 Å². The van der Waals surface area contributed by atoms with E-state index in [-0.39, 0.29) is 18.4 Å². The quantitative estimate of drug-likeness (QED) is 0.733. The number of rotatable bonds is 3. The lowest BCUT2D eigenvalue weighted by Crippen LogP contribution is -2.44. The summed E-state index contributed by atoms with van der Waals surface area (Å²) in [5.41, 5.74) is -0.232. The Morgan fingerprint density at radius 1 is 1.32 bits per heavy atom. The number of aliphatic imine (C=N–C) groups is 1. The van der Waals surface area contributed by atoms with Crippen LogP contribution in [-0.4, -0.2) is 36.2 Å². The lowest BCUT2D eigenvalue weighted by molar-refractivity contribution is 0.0721. The molecule has 0 bridgehead atoms. The van der Waals surface area contributed by atoms with Crippen LogP contribution in [0.25, 0.3) is 0 Å². The molecule has 0 aromatic heterocycles. The van der Waals surface area contributed by atoms with E-state index < -0.39 is 24.1 Å². The molecule has 0 spiro atoms. The van der Waals surface area contributed by atoms with E-state index in [0.717, 1.165) is 0 Å². The first-order valence-electron chi connectivity index (χ1n) is 8.75. The highest BCUT2D eigenvalue weighted by molar-refractivity contribution is 9.10. The van der Waals surface area contributed by atoms with Gasteiger partial charge in [0.1, 0.15) is 18.0 Å². The van der Waals surface area contributed by atoms with E-state index in [1.54, 1.807) is 36.4 Å². The SMILES string of the molecule is O=C(NC1=N[C@]2(c3cc(Br)ccc3F)CO[C@@H](CF)[C@@H]2CS1)c1ccccc1. The van der Waals surface area contributed by atoms with Crippen molar-refractivity contribution in [3.63, 3.8) is 0 Å². The second-order valence-electron chi connectivity index (χ2n) is 6.71. The average Bonchev–Trinajstić information content (AvgIpc) is 3.09. The molecule has 8 heteroatoms. The number of hydrogen-bond acceptors (Lipinski definition) is 4. The lowest BCUT2D eigenvalue weighted by Gasteiger charge is -2.36. The molecule has 1 N–H and O–H groups in total. The monoisotopic (exact) mass is 466 g/mol. The first-order chi connectivity index (χ1) is 13.5. The van der Waals surface area contributed by atoms with Crippen LogP contribution < -0.4 is 5.32 Å². The topological polar surface area (TPSA) is 50.7 Å². The van der Waals surface area contributed by atoms with Crippen molar-refractivity contribution in [1.29, 1.82) is 0 Å². The smallest absolute Gasteiger partial charge is 0.257 e. The molecular weight excluding hydrogens is 450 g/mol. The fourth-order valence-corrected chi connectivity index (χ4v) is 5.23. The van der Waals surface area contributed by atoms with E-state index in [1.165, 1.54) is 17.8 Å². The molecule has 146 valence electrons. The summed E-state index contributed by atoms with van der Waals surface area (Å²) >= 11 is 4.69. The Balaban J connectivity index is 1.72. The van der Waals surface area contributed by atoms with Gasteiger partial charge in [-0.25, -0.2) is 13.8 Å². The third-order valence-corrected chi connectivity index (χ3v) is 6.57. The molecule has 4 rings (SSSR count).